The Morgan fingerprint density at radius 2 is 0.795 bits per heavy atom. The fraction of sp³-hybridized carbons (Fsp3) is 0.727. The van der Waals surface area contributed by atoms with Crippen molar-refractivity contribution < 1.29 is 164 Å². The molecule has 45 nitrogen and oxygen atoms in total. The Labute approximate surface area is 860 Å². The molecule has 47 heteroatoms. The van der Waals surface area contributed by atoms with Crippen molar-refractivity contribution in [3.05, 3.63) is 24.3 Å². The lowest BCUT2D eigenvalue weighted by atomic mass is 10.1. The van der Waals surface area contributed by atoms with Gasteiger partial charge in [0.15, 0.2) is 29.2 Å². The summed E-state index contributed by atoms with van der Waals surface area (Å²) in [5.74, 6) is -18.3. The van der Waals surface area contributed by atoms with Gasteiger partial charge in [0, 0.05) is 147 Å². The van der Waals surface area contributed by atoms with Gasteiger partial charge in [-0.3, -0.25) is 119 Å². The van der Waals surface area contributed by atoms with Gasteiger partial charge >= 0.3 is 49.6 Å². The summed E-state index contributed by atoms with van der Waals surface area (Å²) in [6.07, 6.45) is 36.3. The van der Waals surface area contributed by atoms with Crippen LogP contribution in [-0.2, 0) is 133 Å². The number of phosphoric ester groups is 1. The number of ether oxygens (including phenoxy) is 2. The van der Waals surface area contributed by atoms with Crippen LogP contribution in [0.4, 0.5) is 0 Å². The molecule has 0 aromatic carbocycles. The van der Waals surface area contributed by atoms with Gasteiger partial charge in [0.2, 0.25) is 65.0 Å². The molecule has 0 radical (unpaired) electrons. The number of allylic oxidation sites excluding steroid dienone is 4. The van der Waals surface area contributed by atoms with E-state index in [1.165, 1.54) is 108 Å². The molecule has 146 heavy (non-hydrogen) atoms. The minimum Gasteiger partial charge on any atom is -0.481 e. The minimum absolute atomic E-state index is 0.0385. The SMILES string of the molecule is CCC(=O)N(CC(=O)O)CC(=O)NCC(=O)CCC(=O)N(CC(=O)O)CC(=O)CCCNC(=O)CN(CC(=O)O)C(=O)CNC(=O)CCC(=O)CN(CC(=O)O)C(=O)CCC(=O)CNC(=O)CCN1CC(SCC(C)C(=O)O)CC1=O.CCCCCCCC/C=C/CCCCCCCC(=O)OCC(COP(=O)(O)OCCNC(=O)CCCCC(=O)CCC(=O)NC)OC(=O)CCCCCCC/C=C/CCCCCCCC. The van der Waals surface area contributed by atoms with E-state index in [0.29, 0.717) is 52.7 Å². The number of nitrogens with zero attached hydrogens (tertiary/aromatic N) is 5. The number of carboxylic acid groups (broad SMARTS) is 5. The average Bonchev–Trinajstić information content (AvgIpc) is 1.72. The van der Waals surface area contributed by atoms with Crippen molar-refractivity contribution in [2.24, 2.45) is 5.92 Å². The van der Waals surface area contributed by atoms with Gasteiger partial charge in [0.25, 0.3) is 0 Å². The second-order valence-electron chi connectivity index (χ2n) is 35.7. The quantitative estimate of drug-likeness (QED) is 0.0120. The highest BCUT2D eigenvalue weighted by Crippen LogP contribution is 2.43. The zero-order valence-corrected chi connectivity index (χ0v) is 87.7. The molecule has 1 aliphatic rings. The van der Waals surface area contributed by atoms with E-state index < -0.39 is 249 Å². The highest BCUT2D eigenvalue weighted by Gasteiger charge is 2.33. The summed E-state index contributed by atoms with van der Waals surface area (Å²) < 4.78 is 33.8. The first-order valence-corrected chi connectivity index (χ1v) is 53.6. The lowest BCUT2D eigenvalue weighted by Gasteiger charge is -2.21. The Kier molecular flexibility index (Phi) is 78.2. The zero-order chi connectivity index (χ0) is 109. The first-order valence-electron chi connectivity index (χ1n) is 51.0. The summed E-state index contributed by atoms with van der Waals surface area (Å²) >= 11 is 1.35. The van der Waals surface area contributed by atoms with Crippen LogP contribution in [0.3, 0.4) is 0 Å². The smallest absolute Gasteiger partial charge is 0.472 e. The Hall–Kier alpha value is -11.2. The fourth-order valence-corrected chi connectivity index (χ4v) is 16.2. The molecule has 0 aromatic rings. The maximum Gasteiger partial charge on any atom is 0.472 e. The van der Waals surface area contributed by atoms with Gasteiger partial charge in [-0.2, -0.15) is 11.8 Å². The highest BCUT2D eigenvalue weighted by atomic mass is 32.2. The molecule has 1 aliphatic heterocycles. The summed E-state index contributed by atoms with van der Waals surface area (Å²) in [6, 6.07) is 0. The molecule has 12 N–H and O–H groups in total. The molecule has 0 bridgehead atoms. The first-order chi connectivity index (χ1) is 69.5. The number of aliphatic carboxylic acids is 5. The molecular weight excluding hydrogens is 1950 g/mol. The number of rotatable bonds is 91. The van der Waals surface area contributed by atoms with E-state index in [-0.39, 0.29) is 132 Å². The van der Waals surface area contributed by atoms with Crippen molar-refractivity contribution in [1.29, 1.82) is 0 Å². The third-order valence-electron chi connectivity index (χ3n) is 22.6. The Morgan fingerprint density at radius 1 is 0.397 bits per heavy atom. The molecule has 0 spiro atoms. The minimum atomic E-state index is -4.61. The van der Waals surface area contributed by atoms with Crippen LogP contribution in [-0.4, -0.2) is 333 Å². The summed E-state index contributed by atoms with van der Waals surface area (Å²) in [4.78, 5) is 294. The van der Waals surface area contributed by atoms with Crippen LogP contribution in [0.5, 0.6) is 0 Å². The second kappa shape index (κ2) is 84.8. The topological polar surface area (TPSA) is 656 Å². The molecule has 1 heterocycles. The number of unbranched alkanes of at least 4 members (excludes halogenated alkanes) is 23. The van der Waals surface area contributed by atoms with Crippen molar-refractivity contribution in [3.8, 4) is 0 Å². The molecular formula is C99H162N11O34PS. The van der Waals surface area contributed by atoms with E-state index in [0.717, 1.165) is 81.9 Å². The maximum absolute atomic E-state index is 12.9. The number of nitrogens with one attached hydrogen (secondary N) is 6. The predicted octanol–water partition coefficient (Wildman–Crippen LogP) is 7.78. The second-order valence-corrected chi connectivity index (χ2v) is 38.5. The Balaban J connectivity index is 0.00000295. The van der Waals surface area contributed by atoms with Crippen molar-refractivity contribution in [3.63, 3.8) is 0 Å². The van der Waals surface area contributed by atoms with Crippen molar-refractivity contribution in [2.45, 2.75) is 328 Å². The van der Waals surface area contributed by atoms with Gasteiger partial charge in [-0.25, -0.2) is 4.57 Å². The average molecular weight is 2110 g/mol. The highest BCUT2D eigenvalue weighted by molar-refractivity contribution is 8.00. The molecule has 1 saturated heterocycles. The van der Waals surface area contributed by atoms with Crippen LogP contribution in [0.25, 0.3) is 0 Å². The van der Waals surface area contributed by atoms with Gasteiger partial charge in [0.05, 0.1) is 51.9 Å². The molecule has 1 rings (SSSR count). The third kappa shape index (κ3) is 77.2. The number of hydrogen-bond acceptors (Lipinski definition) is 29. The van der Waals surface area contributed by atoms with Crippen molar-refractivity contribution in [1.82, 2.24) is 56.4 Å². The number of carbonyl (C=O) groups is 23. The number of carboxylic acids is 5. The van der Waals surface area contributed by atoms with Crippen LogP contribution in [0, 0.1) is 5.92 Å². The van der Waals surface area contributed by atoms with Gasteiger partial charge in [-0.05, 0) is 83.5 Å². The fourth-order valence-electron chi connectivity index (χ4n) is 14.2. The number of thioether (sulfide) groups is 1. The summed E-state index contributed by atoms with van der Waals surface area (Å²) in [5.41, 5.74) is 0. The molecule has 11 amide bonds. The summed E-state index contributed by atoms with van der Waals surface area (Å²) in [6.45, 7) is -2.13. The zero-order valence-electron chi connectivity index (χ0n) is 86.0. The van der Waals surface area contributed by atoms with Crippen LogP contribution < -0.4 is 31.9 Å². The molecule has 1 fully saturated rings. The molecule has 0 saturated carbocycles. The summed E-state index contributed by atoms with van der Waals surface area (Å²) in [7, 11) is -3.09. The Bertz CT molecular complexity index is 4190. The van der Waals surface area contributed by atoms with Crippen LogP contribution in [0.1, 0.15) is 317 Å². The number of phosphoric acid groups is 1. The number of hydrogen-bond donors (Lipinski definition) is 12. The molecule has 0 aliphatic carbocycles. The number of likely N-dealkylation sites (tertiary alicyclic amines) is 1. The maximum atomic E-state index is 12.9. The van der Waals surface area contributed by atoms with E-state index in [9.17, 15) is 135 Å². The Morgan fingerprint density at radius 3 is 1.29 bits per heavy atom. The lowest BCUT2D eigenvalue weighted by molar-refractivity contribution is -0.161. The number of Topliss-reactive ketones (excluding diaryl/α,β-unsaturated/α-hetero) is 5. The molecule has 828 valence electrons. The van der Waals surface area contributed by atoms with E-state index >= 15 is 0 Å². The lowest BCUT2D eigenvalue weighted by Crippen LogP contribution is -2.47. The monoisotopic (exact) mass is 2110 g/mol. The van der Waals surface area contributed by atoms with E-state index in [2.05, 4.69) is 70.1 Å². The third-order valence-corrected chi connectivity index (χ3v) is 25.0. The van der Waals surface area contributed by atoms with Gasteiger partial charge in [-0.15, -0.1) is 0 Å². The van der Waals surface area contributed by atoms with Crippen LogP contribution in [0.15, 0.2) is 24.3 Å². The first kappa shape index (κ1) is 135. The standard InChI is InChI=1S/C51H93N2O11P.C48H69N9O23S/c1-4-6-8-10-12-14-16-18-20-22-24-26-28-30-32-38-50(57)61-44-47(64-51(58)39-33-31-29-27-25-23-21-19-17-15-13-11-9-7-5-2)45-63-65(59,60)62-43-42-53-49(56)37-35-34-36-46(54)40-41-48(55)52-3;1-3-39(66)56(26-46(75)76)23-38(65)51-17-31(59)8-11-40(67)54(24-44(71)72)19-32(60)5-4-13-49-37(64)22-57(27-47(77)78)43(70)18-52-35(62)9-6-33(61)20-55(25-45(73)74)41(68)10-7-30(58)16-50-36(63)12-14-53-21-34(15-42(53)69)81-28-29(2)48(79)80/h18-21,47H,4-17,22-45H2,1-3H3,(H,52,55)(H,53,56)(H,59,60);29,34H,3-28H2,1-2H3,(H,49,64)(H,50,63)(H,51,65)(H,52,62)(H,71,72)(H,73,74)(H,75,76)(H,77,78)(H,79,80)/b20-18+,21-19+;. The normalized spacial score (nSPS) is 12.9. The van der Waals surface area contributed by atoms with Gasteiger partial charge in [-0.1, -0.05) is 155 Å². The number of ketones is 5. The largest absolute Gasteiger partial charge is 0.481 e. The van der Waals surface area contributed by atoms with E-state index in [1.54, 1.807) is 6.92 Å². The number of esters is 2. The van der Waals surface area contributed by atoms with E-state index in [1.807, 2.05) is 0 Å². The van der Waals surface area contributed by atoms with Gasteiger partial charge in [0.1, 0.15) is 51.7 Å². The molecule has 4 unspecified atom stereocenters. The van der Waals surface area contributed by atoms with Crippen LogP contribution in [0.2, 0.25) is 0 Å². The predicted molar refractivity (Wildman–Crippen MR) is 536 cm³/mol. The number of amides is 11. The summed E-state index contributed by atoms with van der Waals surface area (Å²) in [5, 5.41) is 59.9. The number of carbonyl (C=O) groups excluding carboxylic acids is 18. The van der Waals surface area contributed by atoms with E-state index in [4.69, 9.17) is 28.7 Å². The van der Waals surface area contributed by atoms with Crippen LogP contribution >= 0.6 is 19.6 Å². The molecule has 0 aromatic heterocycles. The van der Waals surface area contributed by atoms with Crippen molar-refractivity contribution >= 4 is 155 Å². The van der Waals surface area contributed by atoms with Gasteiger partial charge < -0.3 is 96.3 Å². The molecule has 4 atom stereocenters. The van der Waals surface area contributed by atoms with Crippen molar-refractivity contribution in [2.75, 3.05) is 131 Å².